The van der Waals surface area contributed by atoms with Gasteiger partial charge in [-0.05, 0) is 36.4 Å². The van der Waals surface area contributed by atoms with Crippen molar-refractivity contribution in [3.63, 3.8) is 0 Å². The number of aromatic nitrogens is 3. The molecule has 4 aromatic rings. The van der Waals surface area contributed by atoms with Crippen LogP contribution in [0.15, 0.2) is 91.4 Å². The van der Waals surface area contributed by atoms with Gasteiger partial charge in [-0.25, -0.2) is 4.68 Å². The van der Waals surface area contributed by atoms with Crippen LogP contribution in [0.4, 0.5) is 5.69 Å². The van der Waals surface area contributed by atoms with E-state index in [9.17, 15) is 4.79 Å². The van der Waals surface area contributed by atoms with E-state index in [0.29, 0.717) is 19.5 Å². The van der Waals surface area contributed by atoms with Gasteiger partial charge in [-0.3, -0.25) is 9.78 Å². The number of hydrogen-bond acceptors (Lipinski definition) is 4. The summed E-state index contributed by atoms with van der Waals surface area (Å²) in [5.41, 5.74) is 4.70. The molecule has 0 unspecified atom stereocenters. The number of carbonyl (C=O) groups is 1. The molecule has 0 aliphatic carbocycles. The highest BCUT2D eigenvalue weighted by molar-refractivity contribution is 5.90. The van der Waals surface area contributed by atoms with E-state index in [1.165, 1.54) is 0 Å². The van der Waals surface area contributed by atoms with E-state index in [-0.39, 0.29) is 5.91 Å². The van der Waals surface area contributed by atoms with Gasteiger partial charge in [0, 0.05) is 54.9 Å². The molecule has 6 heteroatoms. The van der Waals surface area contributed by atoms with Crippen LogP contribution in [0.2, 0.25) is 0 Å². The van der Waals surface area contributed by atoms with Gasteiger partial charge in [-0.15, -0.1) is 0 Å². The highest BCUT2D eigenvalue weighted by Crippen LogP contribution is 2.23. The summed E-state index contributed by atoms with van der Waals surface area (Å²) in [6.45, 7) is 1.18. The molecule has 150 valence electrons. The summed E-state index contributed by atoms with van der Waals surface area (Å²) >= 11 is 0. The highest BCUT2D eigenvalue weighted by atomic mass is 16.1. The highest BCUT2D eigenvalue weighted by Gasteiger charge is 2.12. The average Bonchev–Trinajstić information content (AvgIpc) is 3.23. The third-order valence-corrected chi connectivity index (χ3v) is 4.65. The summed E-state index contributed by atoms with van der Waals surface area (Å²) in [5.74, 6) is -0.0128. The number of hydrogen-bond donors (Lipinski definition) is 2. The van der Waals surface area contributed by atoms with Crippen LogP contribution in [0.5, 0.6) is 0 Å². The van der Waals surface area contributed by atoms with Crippen molar-refractivity contribution in [1.82, 2.24) is 20.1 Å². The Morgan fingerprint density at radius 2 is 1.70 bits per heavy atom. The summed E-state index contributed by atoms with van der Waals surface area (Å²) in [5, 5.41) is 11.0. The minimum Gasteiger partial charge on any atom is -0.326 e. The lowest BCUT2D eigenvalue weighted by Crippen LogP contribution is -2.21. The maximum atomic E-state index is 12.1. The van der Waals surface area contributed by atoms with Crippen molar-refractivity contribution in [2.45, 2.75) is 13.0 Å². The van der Waals surface area contributed by atoms with Gasteiger partial charge in [0.15, 0.2) is 0 Å². The van der Waals surface area contributed by atoms with Gasteiger partial charge in [0.2, 0.25) is 5.91 Å². The van der Waals surface area contributed by atoms with Gasteiger partial charge in [-0.1, -0.05) is 36.4 Å². The number of nitrogens with zero attached hydrogens (tertiary/aromatic N) is 3. The van der Waals surface area contributed by atoms with E-state index in [2.05, 4.69) is 15.6 Å². The molecule has 30 heavy (non-hydrogen) atoms. The van der Waals surface area contributed by atoms with Crippen LogP contribution in [0.1, 0.15) is 12.0 Å². The van der Waals surface area contributed by atoms with Gasteiger partial charge < -0.3 is 10.6 Å². The van der Waals surface area contributed by atoms with Crippen molar-refractivity contribution in [3.05, 3.63) is 97.0 Å². The number of amides is 1. The Labute approximate surface area is 175 Å². The number of nitrogens with one attached hydrogen (secondary N) is 2. The topological polar surface area (TPSA) is 71.8 Å². The SMILES string of the molecule is O=C(CCNCc1cn(-c2ccccc2)nc1-c1cccnc1)Nc1ccccc1. The second-order valence-corrected chi connectivity index (χ2v) is 6.87. The van der Waals surface area contributed by atoms with Crippen molar-refractivity contribution in [2.75, 3.05) is 11.9 Å². The second-order valence-electron chi connectivity index (χ2n) is 6.87. The van der Waals surface area contributed by atoms with Crippen LogP contribution in [0.3, 0.4) is 0 Å². The number of benzene rings is 2. The molecule has 1 amide bonds. The van der Waals surface area contributed by atoms with Gasteiger partial charge in [-0.2, -0.15) is 5.10 Å². The number of carbonyl (C=O) groups excluding carboxylic acids is 1. The molecule has 0 atom stereocenters. The summed E-state index contributed by atoms with van der Waals surface area (Å²) in [4.78, 5) is 16.3. The van der Waals surface area contributed by atoms with Gasteiger partial charge in [0.25, 0.3) is 0 Å². The summed E-state index contributed by atoms with van der Waals surface area (Å²) in [6, 6.07) is 23.4. The third-order valence-electron chi connectivity index (χ3n) is 4.65. The average molecular weight is 397 g/mol. The molecule has 2 aromatic heterocycles. The lowest BCUT2D eigenvalue weighted by atomic mass is 10.1. The van der Waals surface area contributed by atoms with Crippen molar-refractivity contribution in [1.29, 1.82) is 0 Å². The molecule has 2 N–H and O–H groups in total. The van der Waals surface area contributed by atoms with E-state index in [4.69, 9.17) is 5.10 Å². The Balaban J connectivity index is 1.41. The van der Waals surface area contributed by atoms with Gasteiger partial charge >= 0.3 is 0 Å². The molecule has 2 heterocycles. The van der Waals surface area contributed by atoms with E-state index < -0.39 is 0 Å². The largest absolute Gasteiger partial charge is 0.326 e. The fourth-order valence-electron chi connectivity index (χ4n) is 3.17. The minimum absolute atomic E-state index is 0.0128. The first-order chi connectivity index (χ1) is 14.8. The van der Waals surface area contributed by atoms with Crippen LogP contribution in [0.25, 0.3) is 16.9 Å². The molecule has 0 bridgehead atoms. The van der Waals surface area contributed by atoms with Crippen LogP contribution in [-0.2, 0) is 11.3 Å². The van der Waals surface area contributed by atoms with Crippen LogP contribution in [-0.4, -0.2) is 27.2 Å². The number of para-hydroxylation sites is 2. The Hall–Kier alpha value is -3.77. The van der Waals surface area contributed by atoms with Crippen molar-refractivity contribution in [2.24, 2.45) is 0 Å². The fourth-order valence-corrected chi connectivity index (χ4v) is 3.17. The summed E-state index contributed by atoms with van der Waals surface area (Å²) < 4.78 is 1.88. The Kier molecular flexibility index (Phi) is 6.27. The molecule has 4 rings (SSSR count). The first kappa shape index (κ1) is 19.5. The smallest absolute Gasteiger partial charge is 0.225 e. The third kappa shape index (κ3) is 4.98. The van der Waals surface area contributed by atoms with E-state index in [1.807, 2.05) is 89.9 Å². The summed E-state index contributed by atoms with van der Waals surface area (Å²) in [6.07, 6.45) is 5.98. The molecule has 0 spiro atoms. The molecule has 0 fully saturated rings. The first-order valence-electron chi connectivity index (χ1n) is 9.89. The zero-order chi connectivity index (χ0) is 20.6. The maximum Gasteiger partial charge on any atom is 0.225 e. The lowest BCUT2D eigenvalue weighted by Gasteiger charge is -2.07. The monoisotopic (exact) mass is 397 g/mol. The number of rotatable bonds is 8. The number of anilines is 1. The Morgan fingerprint density at radius 3 is 2.43 bits per heavy atom. The molecular formula is C24H23N5O. The normalized spacial score (nSPS) is 10.7. The van der Waals surface area contributed by atoms with Gasteiger partial charge in [0.1, 0.15) is 0 Å². The molecule has 2 aromatic carbocycles. The Morgan fingerprint density at radius 1 is 0.933 bits per heavy atom. The van der Waals surface area contributed by atoms with Crippen LogP contribution in [0, 0.1) is 0 Å². The molecular weight excluding hydrogens is 374 g/mol. The molecule has 0 radical (unpaired) electrons. The predicted molar refractivity (Wildman–Crippen MR) is 118 cm³/mol. The van der Waals surface area contributed by atoms with Crippen LogP contribution < -0.4 is 10.6 Å². The van der Waals surface area contributed by atoms with Crippen LogP contribution >= 0.6 is 0 Å². The molecule has 6 nitrogen and oxygen atoms in total. The predicted octanol–water partition coefficient (Wildman–Crippen LogP) is 4.05. The summed E-state index contributed by atoms with van der Waals surface area (Å²) in [7, 11) is 0. The quantitative estimate of drug-likeness (QED) is 0.440. The number of pyridine rings is 1. The van der Waals surface area contributed by atoms with Crippen molar-refractivity contribution >= 4 is 11.6 Å². The van der Waals surface area contributed by atoms with E-state index >= 15 is 0 Å². The van der Waals surface area contributed by atoms with E-state index in [0.717, 1.165) is 28.2 Å². The molecule has 0 aliphatic heterocycles. The van der Waals surface area contributed by atoms with E-state index in [1.54, 1.807) is 6.20 Å². The molecule has 0 aliphatic rings. The molecule has 0 saturated carbocycles. The minimum atomic E-state index is -0.0128. The first-order valence-corrected chi connectivity index (χ1v) is 9.89. The Bertz CT molecular complexity index is 1080. The maximum absolute atomic E-state index is 12.1. The van der Waals surface area contributed by atoms with Crippen molar-refractivity contribution < 1.29 is 4.79 Å². The van der Waals surface area contributed by atoms with Crippen molar-refractivity contribution in [3.8, 4) is 16.9 Å². The standard InChI is InChI=1S/C24H23N5O/c30-23(27-21-9-3-1-4-10-21)13-15-26-17-20-18-29(22-11-5-2-6-12-22)28-24(20)19-8-7-14-25-16-19/h1-12,14,16,18,26H,13,15,17H2,(H,27,30). The fraction of sp³-hybridized carbons (Fsp3) is 0.125. The zero-order valence-corrected chi connectivity index (χ0v) is 16.5. The lowest BCUT2D eigenvalue weighted by molar-refractivity contribution is -0.116. The van der Waals surface area contributed by atoms with Gasteiger partial charge in [0.05, 0.1) is 11.4 Å². The second kappa shape index (κ2) is 9.62. The zero-order valence-electron chi connectivity index (χ0n) is 16.5. The molecule has 0 saturated heterocycles.